The van der Waals surface area contributed by atoms with Crippen LogP contribution in [-0.2, 0) is 10.0 Å². The Kier molecular flexibility index (Phi) is 7.21. The van der Waals surface area contributed by atoms with Crippen molar-refractivity contribution in [3.63, 3.8) is 0 Å². The average molecular weight is 543 g/mol. The summed E-state index contributed by atoms with van der Waals surface area (Å²) in [6, 6.07) is 2.35. The van der Waals surface area contributed by atoms with Gasteiger partial charge in [0, 0.05) is 42.8 Å². The molecule has 13 heteroatoms. The molecule has 3 aromatic heterocycles. The number of rotatable bonds is 8. The van der Waals surface area contributed by atoms with E-state index in [0.717, 1.165) is 38.1 Å². The standard InChI is InChI=1S/C25H28F2N8O2S/c1-3-10-38(36,37)33-20-5-4-19(26)24(22(20)27)35-14-18(16-11-29-15-30-12-16)23-21(35)13-31-25(32-23)34(2)17-6-8-28-9-7-17/h4-5,11-15,17,28,33H,3,6-10H2,1-2H3. The molecule has 4 heterocycles. The van der Waals surface area contributed by atoms with E-state index in [4.69, 9.17) is 4.98 Å². The zero-order valence-electron chi connectivity index (χ0n) is 21.0. The minimum Gasteiger partial charge on any atom is -0.341 e. The maximum absolute atomic E-state index is 15.7. The first-order valence-corrected chi connectivity index (χ1v) is 14.0. The molecular formula is C25H28F2N8O2S. The normalized spacial score (nSPS) is 14.6. The second-order valence-corrected chi connectivity index (χ2v) is 11.1. The minimum atomic E-state index is -3.80. The molecule has 0 unspecified atom stereocenters. The minimum absolute atomic E-state index is 0.190. The van der Waals surface area contributed by atoms with Crippen molar-refractivity contribution in [2.24, 2.45) is 0 Å². The molecule has 0 saturated carbocycles. The molecule has 1 saturated heterocycles. The molecule has 0 aliphatic carbocycles. The van der Waals surface area contributed by atoms with Crippen LogP contribution >= 0.6 is 0 Å². The third-order valence-corrected chi connectivity index (χ3v) is 8.10. The summed E-state index contributed by atoms with van der Waals surface area (Å²) in [5, 5.41) is 3.34. The highest BCUT2D eigenvalue weighted by molar-refractivity contribution is 7.92. The maximum atomic E-state index is 15.7. The molecule has 0 radical (unpaired) electrons. The molecule has 5 rings (SSSR count). The second-order valence-electron chi connectivity index (χ2n) is 9.21. The van der Waals surface area contributed by atoms with Crippen molar-refractivity contribution in [1.82, 2.24) is 29.8 Å². The number of fused-ring (bicyclic) bond motifs is 1. The zero-order chi connectivity index (χ0) is 26.9. The van der Waals surface area contributed by atoms with Crippen LogP contribution in [0.25, 0.3) is 27.8 Å². The fourth-order valence-electron chi connectivity index (χ4n) is 4.69. The molecule has 10 nitrogen and oxygen atoms in total. The van der Waals surface area contributed by atoms with Gasteiger partial charge >= 0.3 is 0 Å². The SMILES string of the molecule is CCCS(=O)(=O)Nc1ccc(F)c(-n2cc(-c3cncnc3)c3nc(N(C)C4CCNCC4)ncc32)c1F. The number of hydrogen-bond acceptors (Lipinski definition) is 8. The van der Waals surface area contributed by atoms with Crippen molar-refractivity contribution >= 4 is 32.7 Å². The topological polar surface area (TPSA) is 118 Å². The Morgan fingerprint density at radius 1 is 1.16 bits per heavy atom. The summed E-state index contributed by atoms with van der Waals surface area (Å²) < 4.78 is 59.0. The number of piperidine rings is 1. The van der Waals surface area contributed by atoms with E-state index >= 15 is 8.78 Å². The molecule has 38 heavy (non-hydrogen) atoms. The number of anilines is 2. The number of nitrogens with zero attached hydrogens (tertiary/aromatic N) is 6. The molecule has 1 fully saturated rings. The van der Waals surface area contributed by atoms with Gasteiger partial charge in [-0.15, -0.1) is 0 Å². The monoisotopic (exact) mass is 542 g/mol. The van der Waals surface area contributed by atoms with Crippen LogP contribution in [-0.4, -0.2) is 64.9 Å². The van der Waals surface area contributed by atoms with Crippen molar-refractivity contribution in [3.05, 3.63) is 54.9 Å². The molecule has 1 aromatic carbocycles. The molecule has 2 N–H and O–H groups in total. The van der Waals surface area contributed by atoms with Gasteiger partial charge in [-0.05, 0) is 44.5 Å². The molecule has 0 spiro atoms. The van der Waals surface area contributed by atoms with Crippen molar-refractivity contribution < 1.29 is 17.2 Å². The smallest absolute Gasteiger partial charge is 0.232 e. The summed E-state index contributed by atoms with van der Waals surface area (Å²) in [6.07, 6.45) is 9.86. The lowest BCUT2D eigenvalue weighted by Crippen LogP contribution is -2.41. The Hall–Kier alpha value is -3.71. The summed E-state index contributed by atoms with van der Waals surface area (Å²) >= 11 is 0. The lowest BCUT2D eigenvalue weighted by atomic mass is 10.1. The van der Waals surface area contributed by atoms with Gasteiger partial charge in [-0.2, -0.15) is 0 Å². The second kappa shape index (κ2) is 10.6. The summed E-state index contributed by atoms with van der Waals surface area (Å²) in [7, 11) is -1.86. The van der Waals surface area contributed by atoms with Gasteiger partial charge in [-0.3, -0.25) is 4.72 Å². The summed E-state index contributed by atoms with van der Waals surface area (Å²) in [5.74, 6) is -1.62. The largest absolute Gasteiger partial charge is 0.341 e. The summed E-state index contributed by atoms with van der Waals surface area (Å²) in [5.41, 5.74) is 1.17. The van der Waals surface area contributed by atoms with Crippen LogP contribution in [0.5, 0.6) is 0 Å². The van der Waals surface area contributed by atoms with Gasteiger partial charge in [0.1, 0.15) is 23.3 Å². The average Bonchev–Trinajstić information content (AvgIpc) is 3.29. The lowest BCUT2D eigenvalue weighted by Gasteiger charge is -2.31. The number of nitrogens with one attached hydrogen (secondary N) is 2. The van der Waals surface area contributed by atoms with E-state index in [0.29, 0.717) is 34.5 Å². The Morgan fingerprint density at radius 2 is 1.89 bits per heavy atom. The maximum Gasteiger partial charge on any atom is 0.232 e. The molecule has 0 bridgehead atoms. The van der Waals surface area contributed by atoms with E-state index in [1.54, 1.807) is 19.3 Å². The van der Waals surface area contributed by atoms with Gasteiger partial charge < -0.3 is 14.8 Å². The molecule has 1 aliphatic rings. The summed E-state index contributed by atoms with van der Waals surface area (Å²) in [6.45, 7) is 3.50. The Labute approximate surface area is 219 Å². The van der Waals surface area contributed by atoms with Crippen molar-refractivity contribution in [3.8, 4) is 16.8 Å². The van der Waals surface area contributed by atoms with E-state index < -0.39 is 27.3 Å². The number of halogens is 2. The third kappa shape index (κ3) is 5.03. The number of hydrogen-bond donors (Lipinski definition) is 2. The lowest BCUT2D eigenvalue weighted by molar-refractivity contribution is 0.440. The van der Waals surface area contributed by atoms with Crippen molar-refractivity contribution in [2.45, 2.75) is 32.2 Å². The first-order chi connectivity index (χ1) is 18.3. The van der Waals surface area contributed by atoms with Crippen LogP contribution in [0.4, 0.5) is 20.4 Å². The van der Waals surface area contributed by atoms with Gasteiger partial charge in [0.05, 0.1) is 23.2 Å². The van der Waals surface area contributed by atoms with Gasteiger partial charge in [0.25, 0.3) is 0 Å². The fraction of sp³-hybridized carbons (Fsp3) is 0.360. The van der Waals surface area contributed by atoms with E-state index in [2.05, 4.69) is 25.0 Å². The van der Waals surface area contributed by atoms with E-state index in [1.165, 1.54) is 23.3 Å². The van der Waals surface area contributed by atoms with Gasteiger partial charge in [0.15, 0.2) is 5.82 Å². The molecule has 200 valence electrons. The molecule has 0 amide bonds. The van der Waals surface area contributed by atoms with Gasteiger partial charge in [-0.1, -0.05) is 6.92 Å². The fourth-order valence-corrected chi connectivity index (χ4v) is 5.82. The molecular weight excluding hydrogens is 514 g/mol. The van der Waals surface area contributed by atoms with Crippen LogP contribution in [0.15, 0.2) is 43.2 Å². The molecule has 1 aliphatic heterocycles. The van der Waals surface area contributed by atoms with E-state index in [9.17, 15) is 8.42 Å². The quantitative estimate of drug-likeness (QED) is 0.348. The molecule has 0 atom stereocenters. The van der Waals surface area contributed by atoms with Crippen LogP contribution in [0.1, 0.15) is 26.2 Å². The predicted molar refractivity (Wildman–Crippen MR) is 142 cm³/mol. The van der Waals surface area contributed by atoms with Gasteiger partial charge in [-0.25, -0.2) is 37.1 Å². The van der Waals surface area contributed by atoms with Gasteiger partial charge in [0.2, 0.25) is 16.0 Å². The van der Waals surface area contributed by atoms with Crippen LogP contribution in [0.2, 0.25) is 0 Å². The number of sulfonamides is 1. The Bertz CT molecular complexity index is 1560. The van der Waals surface area contributed by atoms with Crippen LogP contribution < -0.4 is 14.9 Å². The predicted octanol–water partition coefficient (Wildman–Crippen LogP) is 3.50. The third-order valence-electron chi connectivity index (χ3n) is 6.62. The molecule has 4 aromatic rings. The highest BCUT2D eigenvalue weighted by Gasteiger charge is 2.25. The highest BCUT2D eigenvalue weighted by Crippen LogP contribution is 2.35. The van der Waals surface area contributed by atoms with E-state index in [1.807, 2.05) is 11.9 Å². The Balaban J connectivity index is 1.67. The first kappa shape index (κ1) is 25.9. The van der Waals surface area contributed by atoms with Crippen molar-refractivity contribution in [2.75, 3.05) is 35.5 Å². The van der Waals surface area contributed by atoms with Crippen molar-refractivity contribution in [1.29, 1.82) is 0 Å². The zero-order valence-corrected chi connectivity index (χ0v) is 21.8. The number of aromatic nitrogens is 5. The Morgan fingerprint density at radius 3 is 2.61 bits per heavy atom. The van der Waals surface area contributed by atoms with E-state index in [-0.39, 0.29) is 17.5 Å². The van der Waals surface area contributed by atoms with Crippen LogP contribution in [0, 0.1) is 11.6 Å². The van der Waals surface area contributed by atoms with Crippen LogP contribution in [0.3, 0.4) is 0 Å². The number of benzene rings is 1. The first-order valence-electron chi connectivity index (χ1n) is 12.3. The summed E-state index contributed by atoms with van der Waals surface area (Å²) in [4.78, 5) is 19.5. The highest BCUT2D eigenvalue weighted by atomic mass is 32.2.